The van der Waals surface area contributed by atoms with Gasteiger partial charge in [0, 0.05) is 25.1 Å². The summed E-state index contributed by atoms with van der Waals surface area (Å²) >= 11 is 0. The minimum Gasteiger partial charge on any atom is -0.333 e. The highest BCUT2D eigenvalue weighted by molar-refractivity contribution is 5.77. The lowest BCUT2D eigenvalue weighted by Crippen LogP contribution is -2.35. The molecule has 108 valence electrons. The summed E-state index contributed by atoms with van der Waals surface area (Å²) in [5.74, 6) is 0.259. The maximum absolute atomic E-state index is 12.3. The van der Waals surface area contributed by atoms with Crippen LogP contribution in [0.3, 0.4) is 0 Å². The molecule has 1 aromatic rings. The number of rotatable bonds is 4. The number of carbonyl (C=O) groups excluding carboxylic acids is 1. The molecule has 4 heteroatoms. The number of aromatic nitrogens is 2. The molecule has 1 atom stereocenters. The second kappa shape index (κ2) is 5.81. The lowest BCUT2D eigenvalue weighted by Gasteiger charge is -2.23. The third-order valence-electron chi connectivity index (χ3n) is 4.52. The molecule has 20 heavy (non-hydrogen) atoms. The number of hydrogen-bond donors (Lipinski definition) is 1. The Balaban J connectivity index is 1.59. The van der Waals surface area contributed by atoms with Crippen molar-refractivity contribution >= 4 is 5.91 Å². The van der Waals surface area contributed by atoms with E-state index in [9.17, 15) is 4.79 Å². The van der Waals surface area contributed by atoms with Gasteiger partial charge in [0.05, 0.1) is 11.7 Å². The molecule has 0 radical (unpaired) electrons. The SMILES string of the molecule is CCC1C=CCN1C(=O)CCc1n[nH]c2c1CCCC2. The van der Waals surface area contributed by atoms with Crippen molar-refractivity contribution in [2.24, 2.45) is 0 Å². The number of fused-ring (bicyclic) bond motifs is 1. The molecule has 1 aliphatic carbocycles. The molecular weight excluding hydrogens is 250 g/mol. The molecule has 0 aromatic carbocycles. The van der Waals surface area contributed by atoms with Gasteiger partial charge in [-0.05, 0) is 37.7 Å². The average Bonchev–Trinajstić information content (AvgIpc) is 3.11. The fourth-order valence-corrected chi connectivity index (χ4v) is 3.34. The molecular formula is C16H23N3O. The number of nitrogens with one attached hydrogen (secondary N) is 1. The van der Waals surface area contributed by atoms with Crippen molar-refractivity contribution in [2.45, 2.75) is 57.9 Å². The molecule has 1 N–H and O–H groups in total. The van der Waals surface area contributed by atoms with Crippen molar-refractivity contribution in [3.8, 4) is 0 Å². The maximum Gasteiger partial charge on any atom is 0.223 e. The standard InChI is InChI=1S/C16H23N3O/c1-2-12-6-5-11-19(12)16(20)10-9-15-13-7-3-4-8-14(13)17-18-15/h5-6,12H,2-4,7-11H2,1H3,(H,17,18). The normalized spacial score (nSPS) is 21.2. The molecule has 0 saturated carbocycles. The zero-order chi connectivity index (χ0) is 13.9. The Labute approximate surface area is 120 Å². The number of carbonyl (C=O) groups is 1. The molecule has 3 rings (SSSR count). The van der Waals surface area contributed by atoms with Crippen LogP contribution >= 0.6 is 0 Å². The van der Waals surface area contributed by atoms with Crippen molar-refractivity contribution in [1.29, 1.82) is 0 Å². The summed E-state index contributed by atoms with van der Waals surface area (Å²) in [6.45, 7) is 2.90. The molecule has 0 saturated heterocycles. The molecule has 1 amide bonds. The second-order valence-electron chi connectivity index (χ2n) is 5.78. The predicted octanol–water partition coefficient (Wildman–Crippen LogP) is 2.40. The van der Waals surface area contributed by atoms with Crippen LogP contribution in [0.5, 0.6) is 0 Å². The quantitative estimate of drug-likeness (QED) is 0.856. The summed E-state index contributed by atoms with van der Waals surface area (Å²) < 4.78 is 0. The second-order valence-corrected chi connectivity index (χ2v) is 5.78. The minimum absolute atomic E-state index is 0.259. The summed E-state index contributed by atoms with van der Waals surface area (Å²) in [6, 6.07) is 0.301. The Morgan fingerprint density at radius 3 is 3.15 bits per heavy atom. The van der Waals surface area contributed by atoms with E-state index in [4.69, 9.17) is 0 Å². The molecule has 1 aromatic heterocycles. The first-order chi connectivity index (χ1) is 9.79. The minimum atomic E-state index is 0.259. The summed E-state index contributed by atoms with van der Waals surface area (Å²) in [7, 11) is 0. The van der Waals surface area contributed by atoms with E-state index in [1.807, 2.05) is 4.90 Å². The van der Waals surface area contributed by atoms with Gasteiger partial charge in [-0.15, -0.1) is 0 Å². The first-order valence-corrected chi connectivity index (χ1v) is 7.80. The van der Waals surface area contributed by atoms with Crippen LogP contribution in [0.15, 0.2) is 12.2 Å². The molecule has 0 fully saturated rings. The zero-order valence-corrected chi connectivity index (χ0v) is 12.2. The summed E-state index contributed by atoms with van der Waals surface area (Å²) in [5.41, 5.74) is 3.80. The van der Waals surface area contributed by atoms with Gasteiger partial charge in [-0.1, -0.05) is 19.1 Å². The van der Waals surface area contributed by atoms with E-state index in [1.165, 1.54) is 24.1 Å². The van der Waals surface area contributed by atoms with Crippen LogP contribution < -0.4 is 0 Å². The number of amides is 1. The zero-order valence-electron chi connectivity index (χ0n) is 12.2. The van der Waals surface area contributed by atoms with Crippen LogP contribution in [0.4, 0.5) is 0 Å². The maximum atomic E-state index is 12.3. The molecule has 2 aliphatic rings. The molecule has 2 heterocycles. The van der Waals surface area contributed by atoms with Crippen LogP contribution in [0, 0.1) is 0 Å². The van der Waals surface area contributed by atoms with Crippen LogP contribution in [0.1, 0.15) is 49.6 Å². The van der Waals surface area contributed by atoms with Crippen molar-refractivity contribution < 1.29 is 4.79 Å². The molecule has 0 bridgehead atoms. The smallest absolute Gasteiger partial charge is 0.223 e. The Hall–Kier alpha value is -1.58. The van der Waals surface area contributed by atoms with E-state index in [0.717, 1.165) is 37.9 Å². The molecule has 1 aliphatic heterocycles. The molecule has 0 spiro atoms. The van der Waals surface area contributed by atoms with Gasteiger partial charge in [0.25, 0.3) is 0 Å². The van der Waals surface area contributed by atoms with Gasteiger partial charge in [0.1, 0.15) is 0 Å². The van der Waals surface area contributed by atoms with E-state index in [1.54, 1.807) is 0 Å². The van der Waals surface area contributed by atoms with Crippen LogP contribution in [-0.2, 0) is 24.1 Å². The number of H-pyrrole nitrogens is 1. The molecule has 4 nitrogen and oxygen atoms in total. The van der Waals surface area contributed by atoms with Crippen molar-refractivity contribution in [3.63, 3.8) is 0 Å². The topological polar surface area (TPSA) is 49.0 Å². The van der Waals surface area contributed by atoms with Crippen LogP contribution in [-0.4, -0.2) is 33.6 Å². The van der Waals surface area contributed by atoms with Gasteiger partial charge in [-0.2, -0.15) is 5.10 Å². The number of hydrogen-bond acceptors (Lipinski definition) is 2. The molecule has 1 unspecified atom stereocenters. The van der Waals surface area contributed by atoms with Crippen molar-refractivity contribution in [3.05, 3.63) is 29.1 Å². The largest absolute Gasteiger partial charge is 0.333 e. The highest BCUT2D eigenvalue weighted by Gasteiger charge is 2.24. The van der Waals surface area contributed by atoms with Crippen molar-refractivity contribution in [2.75, 3.05) is 6.54 Å². The van der Waals surface area contributed by atoms with Crippen molar-refractivity contribution in [1.82, 2.24) is 15.1 Å². The highest BCUT2D eigenvalue weighted by Crippen LogP contribution is 2.23. The lowest BCUT2D eigenvalue weighted by molar-refractivity contribution is -0.131. The summed E-state index contributed by atoms with van der Waals surface area (Å²) in [6.07, 6.45) is 11.3. The highest BCUT2D eigenvalue weighted by atomic mass is 16.2. The van der Waals surface area contributed by atoms with E-state index in [0.29, 0.717) is 12.5 Å². The number of aromatic amines is 1. The number of aryl methyl sites for hydroxylation is 2. The third kappa shape index (κ3) is 2.51. The van der Waals surface area contributed by atoms with Gasteiger partial charge in [-0.25, -0.2) is 0 Å². The lowest BCUT2D eigenvalue weighted by atomic mass is 9.94. The Bertz CT molecular complexity index is 518. The summed E-state index contributed by atoms with van der Waals surface area (Å²) in [4.78, 5) is 14.3. The fourth-order valence-electron chi connectivity index (χ4n) is 3.34. The Morgan fingerprint density at radius 1 is 1.45 bits per heavy atom. The predicted molar refractivity (Wildman–Crippen MR) is 78.5 cm³/mol. The third-order valence-corrected chi connectivity index (χ3v) is 4.52. The van der Waals surface area contributed by atoms with Crippen LogP contribution in [0.25, 0.3) is 0 Å². The Kier molecular flexibility index (Phi) is 3.90. The average molecular weight is 273 g/mol. The van der Waals surface area contributed by atoms with E-state index in [2.05, 4.69) is 29.3 Å². The van der Waals surface area contributed by atoms with Gasteiger partial charge in [0.2, 0.25) is 5.91 Å². The van der Waals surface area contributed by atoms with Gasteiger partial charge in [-0.3, -0.25) is 9.89 Å². The van der Waals surface area contributed by atoms with Gasteiger partial charge in [0.15, 0.2) is 0 Å². The number of nitrogens with zero attached hydrogens (tertiary/aromatic N) is 2. The van der Waals surface area contributed by atoms with Crippen LogP contribution in [0.2, 0.25) is 0 Å². The fraction of sp³-hybridized carbons (Fsp3) is 0.625. The van der Waals surface area contributed by atoms with E-state index < -0.39 is 0 Å². The van der Waals surface area contributed by atoms with Gasteiger partial charge >= 0.3 is 0 Å². The van der Waals surface area contributed by atoms with E-state index >= 15 is 0 Å². The first-order valence-electron chi connectivity index (χ1n) is 7.80. The first kappa shape index (κ1) is 13.4. The Morgan fingerprint density at radius 2 is 2.30 bits per heavy atom. The monoisotopic (exact) mass is 273 g/mol. The van der Waals surface area contributed by atoms with Gasteiger partial charge < -0.3 is 4.90 Å². The van der Waals surface area contributed by atoms with E-state index in [-0.39, 0.29) is 5.91 Å². The summed E-state index contributed by atoms with van der Waals surface area (Å²) in [5, 5.41) is 7.58.